The Bertz CT molecular complexity index is 224. The minimum atomic E-state index is 0.484. The van der Waals surface area contributed by atoms with Crippen LogP contribution < -0.4 is 0 Å². The molecule has 0 bridgehead atoms. The summed E-state index contributed by atoms with van der Waals surface area (Å²) in [4.78, 5) is 0. The van der Waals surface area contributed by atoms with Crippen LogP contribution in [0.4, 0.5) is 0 Å². The average molecular weight is 236 g/mol. The van der Waals surface area contributed by atoms with Crippen molar-refractivity contribution in [1.29, 1.82) is 0 Å². The molecule has 0 radical (unpaired) electrons. The van der Waals surface area contributed by atoms with Crippen LogP contribution in [-0.2, 0) is 0 Å². The van der Waals surface area contributed by atoms with Gasteiger partial charge in [0.2, 0.25) is 0 Å². The van der Waals surface area contributed by atoms with Crippen molar-refractivity contribution in [1.82, 2.24) is 0 Å². The molecule has 0 aromatic heterocycles. The summed E-state index contributed by atoms with van der Waals surface area (Å²) in [6.45, 7) is 9.62. The van der Waals surface area contributed by atoms with Crippen molar-refractivity contribution in [3.8, 4) is 0 Å². The van der Waals surface area contributed by atoms with Gasteiger partial charge < -0.3 is 0 Å². The van der Waals surface area contributed by atoms with Crippen molar-refractivity contribution in [2.75, 3.05) is 0 Å². The van der Waals surface area contributed by atoms with Gasteiger partial charge in [-0.3, -0.25) is 0 Å². The lowest BCUT2D eigenvalue weighted by atomic mass is 9.75. The zero-order valence-electron chi connectivity index (χ0n) is 12.5. The Hall–Kier alpha value is -0.260. The first-order valence-electron chi connectivity index (χ1n) is 7.73. The van der Waals surface area contributed by atoms with E-state index in [0.717, 1.165) is 11.8 Å². The van der Waals surface area contributed by atoms with E-state index < -0.39 is 0 Å². The molecule has 0 amide bonds. The number of allylic oxidation sites excluding steroid dienone is 2. The summed E-state index contributed by atoms with van der Waals surface area (Å²) in [5.74, 6) is 1.72. The fourth-order valence-corrected chi connectivity index (χ4v) is 2.88. The smallest absolute Gasteiger partial charge is 0.0211 e. The highest BCUT2D eigenvalue weighted by atomic mass is 14.3. The average Bonchev–Trinajstić information content (AvgIpc) is 2.29. The van der Waals surface area contributed by atoms with Crippen molar-refractivity contribution in [3.05, 3.63) is 12.2 Å². The molecular formula is C17H32. The van der Waals surface area contributed by atoms with E-state index in [1.165, 1.54) is 51.4 Å². The van der Waals surface area contributed by atoms with Crippen LogP contribution >= 0.6 is 0 Å². The minimum absolute atomic E-state index is 0.484. The van der Waals surface area contributed by atoms with Gasteiger partial charge in [-0.15, -0.1) is 0 Å². The third-order valence-corrected chi connectivity index (χ3v) is 4.90. The van der Waals surface area contributed by atoms with Crippen LogP contribution in [0, 0.1) is 17.3 Å². The maximum Gasteiger partial charge on any atom is -0.0211 e. The second-order valence-electron chi connectivity index (χ2n) is 6.66. The Kier molecular flexibility index (Phi) is 6.30. The molecule has 0 N–H and O–H groups in total. The van der Waals surface area contributed by atoms with Crippen LogP contribution in [0.1, 0.15) is 79.1 Å². The molecule has 0 aliphatic heterocycles. The summed E-state index contributed by atoms with van der Waals surface area (Å²) in [5, 5.41) is 0. The largest absolute Gasteiger partial charge is 0.0882 e. The Morgan fingerprint density at radius 1 is 1.12 bits per heavy atom. The lowest BCUT2D eigenvalue weighted by Crippen LogP contribution is -2.20. The number of hydrogen-bond donors (Lipinski definition) is 0. The molecule has 0 heteroatoms. The van der Waals surface area contributed by atoms with Gasteiger partial charge in [0.15, 0.2) is 0 Å². The Morgan fingerprint density at radius 3 is 2.53 bits per heavy atom. The third kappa shape index (κ3) is 5.27. The molecule has 1 rings (SSSR count). The molecular weight excluding hydrogens is 204 g/mol. The number of rotatable bonds is 1. The molecule has 0 saturated carbocycles. The van der Waals surface area contributed by atoms with Gasteiger partial charge in [0, 0.05) is 0 Å². The van der Waals surface area contributed by atoms with Gasteiger partial charge in [-0.1, -0.05) is 72.0 Å². The van der Waals surface area contributed by atoms with Gasteiger partial charge in [-0.25, -0.2) is 0 Å². The Morgan fingerprint density at radius 2 is 1.82 bits per heavy atom. The molecule has 100 valence electrons. The molecule has 17 heavy (non-hydrogen) atoms. The van der Waals surface area contributed by atoms with E-state index in [4.69, 9.17) is 0 Å². The molecule has 2 unspecified atom stereocenters. The van der Waals surface area contributed by atoms with Crippen LogP contribution in [0.25, 0.3) is 0 Å². The van der Waals surface area contributed by atoms with Gasteiger partial charge in [-0.05, 0) is 36.5 Å². The molecule has 2 atom stereocenters. The van der Waals surface area contributed by atoms with Crippen LogP contribution in [0.5, 0.6) is 0 Å². The van der Waals surface area contributed by atoms with Crippen molar-refractivity contribution >= 4 is 0 Å². The normalized spacial score (nSPS) is 31.5. The van der Waals surface area contributed by atoms with Crippen molar-refractivity contribution in [2.45, 2.75) is 79.1 Å². The maximum absolute atomic E-state index is 2.46. The van der Waals surface area contributed by atoms with Crippen molar-refractivity contribution in [3.63, 3.8) is 0 Å². The minimum Gasteiger partial charge on any atom is -0.0882 e. The highest BCUT2D eigenvalue weighted by Gasteiger charge is 2.23. The lowest BCUT2D eigenvalue weighted by Gasteiger charge is -2.30. The van der Waals surface area contributed by atoms with E-state index in [1.54, 1.807) is 0 Å². The second kappa shape index (κ2) is 7.24. The van der Waals surface area contributed by atoms with Crippen LogP contribution in [0.3, 0.4) is 0 Å². The monoisotopic (exact) mass is 236 g/mol. The Balaban J connectivity index is 2.55. The maximum atomic E-state index is 2.46. The first kappa shape index (κ1) is 14.8. The van der Waals surface area contributed by atoms with Gasteiger partial charge >= 0.3 is 0 Å². The van der Waals surface area contributed by atoms with Gasteiger partial charge in [0.05, 0.1) is 0 Å². The molecule has 0 spiro atoms. The van der Waals surface area contributed by atoms with Crippen molar-refractivity contribution in [2.24, 2.45) is 17.3 Å². The molecule has 0 aromatic carbocycles. The quantitative estimate of drug-likeness (QED) is 0.492. The molecule has 1 aliphatic rings. The molecule has 0 nitrogen and oxygen atoms in total. The molecule has 1 aliphatic carbocycles. The van der Waals surface area contributed by atoms with Gasteiger partial charge in [-0.2, -0.15) is 0 Å². The zero-order valence-corrected chi connectivity index (χ0v) is 12.5. The predicted molar refractivity (Wildman–Crippen MR) is 78.2 cm³/mol. The Labute approximate surface area is 109 Å². The third-order valence-electron chi connectivity index (χ3n) is 4.90. The lowest BCUT2D eigenvalue weighted by molar-refractivity contribution is 0.239. The summed E-state index contributed by atoms with van der Waals surface area (Å²) in [6.07, 6.45) is 16.1. The highest BCUT2D eigenvalue weighted by molar-refractivity contribution is 4.93. The molecule has 0 aromatic rings. The summed E-state index contributed by atoms with van der Waals surface area (Å²) in [7, 11) is 0. The van der Waals surface area contributed by atoms with Crippen LogP contribution in [0.2, 0.25) is 0 Å². The first-order chi connectivity index (χ1) is 8.06. The topological polar surface area (TPSA) is 0 Å². The molecule has 0 fully saturated rings. The predicted octanol–water partition coefficient (Wildman–Crippen LogP) is 5.98. The summed E-state index contributed by atoms with van der Waals surface area (Å²) >= 11 is 0. The van der Waals surface area contributed by atoms with Gasteiger partial charge in [0.25, 0.3) is 0 Å². The second-order valence-corrected chi connectivity index (χ2v) is 6.66. The van der Waals surface area contributed by atoms with E-state index in [1.807, 2.05) is 0 Å². The van der Waals surface area contributed by atoms with Crippen molar-refractivity contribution < 1.29 is 0 Å². The summed E-state index contributed by atoms with van der Waals surface area (Å²) in [5.41, 5.74) is 0.484. The summed E-state index contributed by atoms with van der Waals surface area (Å²) < 4.78 is 0. The van der Waals surface area contributed by atoms with E-state index >= 15 is 0 Å². The van der Waals surface area contributed by atoms with Crippen LogP contribution in [-0.4, -0.2) is 0 Å². The number of hydrogen-bond acceptors (Lipinski definition) is 0. The SMILES string of the molecule is CCC1CCCC=CC(C)C(C)(C)CCCC1. The van der Waals surface area contributed by atoms with Crippen LogP contribution in [0.15, 0.2) is 12.2 Å². The fourth-order valence-electron chi connectivity index (χ4n) is 2.88. The molecule has 0 saturated heterocycles. The zero-order chi connectivity index (χ0) is 12.7. The fraction of sp³-hybridized carbons (Fsp3) is 0.882. The van der Waals surface area contributed by atoms with E-state index in [2.05, 4.69) is 39.8 Å². The highest BCUT2D eigenvalue weighted by Crippen LogP contribution is 2.34. The summed E-state index contributed by atoms with van der Waals surface area (Å²) in [6, 6.07) is 0. The first-order valence-corrected chi connectivity index (χ1v) is 7.73. The van der Waals surface area contributed by atoms with E-state index in [9.17, 15) is 0 Å². The van der Waals surface area contributed by atoms with E-state index in [0.29, 0.717) is 5.41 Å². The van der Waals surface area contributed by atoms with E-state index in [-0.39, 0.29) is 0 Å². The standard InChI is InChI=1S/C17H32/c1-5-16-12-8-6-7-11-15(2)17(3,4)14-10-9-13-16/h7,11,15-16H,5-6,8-10,12-14H2,1-4H3. The van der Waals surface area contributed by atoms with Gasteiger partial charge in [0.1, 0.15) is 0 Å². The molecule has 0 heterocycles.